The summed E-state index contributed by atoms with van der Waals surface area (Å²) in [5, 5.41) is 10.1. The molecule has 0 aliphatic heterocycles. The van der Waals surface area contributed by atoms with E-state index in [4.69, 9.17) is 18.9 Å². The summed E-state index contributed by atoms with van der Waals surface area (Å²) in [6.07, 6.45) is 31.8. The number of hydrogen-bond donors (Lipinski definition) is 1. The highest BCUT2D eigenvalue weighted by Crippen LogP contribution is 2.40. The average molecular weight is 745 g/mol. The Morgan fingerprint density at radius 1 is 0.566 bits per heavy atom. The van der Waals surface area contributed by atoms with Crippen LogP contribution in [0.4, 0.5) is 0 Å². The molecule has 0 saturated carbocycles. The normalized spacial score (nSPS) is 12.3. The molecule has 0 aliphatic rings. The van der Waals surface area contributed by atoms with Crippen LogP contribution in [0.5, 0.6) is 17.2 Å². The van der Waals surface area contributed by atoms with Crippen molar-refractivity contribution in [3.05, 3.63) is 30.4 Å². The highest BCUT2D eigenvalue weighted by molar-refractivity contribution is 5.89. The fraction of sp³-hybridized carbons (Fsp3) is 0.783. The second-order valence-corrected chi connectivity index (χ2v) is 15.2. The van der Waals surface area contributed by atoms with Crippen molar-refractivity contribution >= 4 is 11.9 Å². The molecule has 2 unspecified atom stereocenters. The number of hydrogen-bond acceptors (Lipinski definition) is 6. The summed E-state index contributed by atoms with van der Waals surface area (Å²) in [5.74, 6) is 0.732. The molecule has 0 amide bonds. The van der Waals surface area contributed by atoms with Crippen LogP contribution in [0.2, 0.25) is 0 Å². The number of ether oxygens (including phenoxy) is 4. The van der Waals surface area contributed by atoms with Gasteiger partial charge >= 0.3 is 11.9 Å². The van der Waals surface area contributed by atoms with E-state index in [1.54, 1.807) is 12.1 Å². The van der Waals surface area contributed by atoms with Crippen LogP contribution < -0.4 is 14.2 Å². The van der Waals surface area contributed by atoms with Gasteiger partial charge in [-0.25, -0.2) is 9.59 Å². The van der Waals surface area contributed by atoms with Crippen molar-refractivity contribution in [1.29, 1.82) is 0 Å². The smallest absolute Gasteiger partial charge is 0.335 e. The van der Waals surface area contributed by atoms with Crippen molar-refractivity contribution in [2.75, 3.05) is 26.4 Å². The van der Waals surface area contributed by atoms with E-state index in [9.17, 15) is 14.7 Å². The molecule has 0 radical (unpaired) electrons. The molecule has 306 valence electrons. The van der Waals surface area contributed by atoms with Crippen LogP contribution >= 0.6 is 0 Å². The largest absolute Gasteiger partial charge is 0.490 e. The first kappa shape index (κ1) is 48.3. The molecule has 1 aromatic rings. The predicted molar refractivity (Wildman–Crippen MR) is 221 cm³/mol. The van der Waals surface area contributed by atoms with Crippen molar-refractivity contribution in [2.45, 2.75) is 195 Å². The number of carbonyl (C=O) groups excluding carboxylic acids is 1. The molecule has 2 atom stereocenters. The Hall–Kier alpha value is -2.70. The van der Waals surface area contributed by atoms with E-state index in [1.165, 1.54) is 128 Å². The molecule has 0 heterocycles. The zero-order chi connectivity index (χ0) is 38.8. The van der Waals surface area contributed by atoms with Crippen molar-refractivity contribution in [2.24, 2.45) is 11.8 Å². The molecule has 7 nitrogen and oxygen atoms in total. The van der Waals surface area contributed by atoms with Crippen LogP contribution in [0, 0.1) is 11.8 Å². The molecule has 0 aliphatic carbocycles. The van der Waals surface area contributed by atoms with Gasteiger partial charge in [-0.2, -0.15) is 0 Å². The van der Waals surface area contributed by atoms with Crippen molar-refractivity contribution in [3.63, 3.8) is 0 Å². The Balaban J connectivity index is 3.25. The van der Waals surface area contributed by atoms with Crippen LogP contribution in [-0.4, -0.2) is 43.5 Å². The minimum atomic E-state index is -1.03. The quantitative estimate of drug-likeness (QED) is 0.0409. The third kappa shape index (κ3) is 25.1. The van der Waals surface area contributed by atoms with E-state index in [2.05, 4.69) is 34.3 Å². The van der Waals surface area contributed by atoms with Gasteiger partial charge in [-0.3, -0.25) is 0 Å². The fourth-order valence-corrected chi connectivity index (χ4v) is 6.85. The molecule has 0 spiro atoms. The van der Waals surface area contributed by atoms with Gasteiger partial charge in [0.1, 0.15) is 0 Å². The van der Waals surface area contributed by atoms with E-state index in [0.717, 1.165) is 31.8 Å². The van der Waals surface area contributed by atoms with E-state index < -0.39 is 11.9 Å². The Bertz CT molecular complexity index is 1050. The zero-order valence-electron chi connectivity index (χ0n) is 34.7. The monoisotopic (exact) mass is 745 g/mol. The maximum atomic E-state index is 12.4. The summed E-state index contributed by atoms with van der Waals surface area (Å²) in [5.41, 5.74) is 0.126. The first-order chi connectivity index (χ1) is 25.9. The molecule has 0 aromatic heterocycles. The lowest BCUT2D eigenvalue weighted by atomic mass is 9.95. The van der Waals surface area contributed by atoms with Crippen LogP contribution in [0.25, 0.3) is 0 Å². The first-order valence-electron chi connectivity index (χ1n) is 22.0. The van der Waals surface area contributed by atoms with Crippen molar-refractivity contribution in [3.8, 4) is 17.2 Å². The standard InChI is InChI=1S/C46H80O7/c1-6-11-15-19-21-25-31-39(29-23-17-13-8-3)37-52-43-36-41(46(48)49)35-42(50-33-27-28-34-51-44(47)10-5)45(43)53-38-40(30-24-18-14-9-4)32-26-22-20-16-12-7-2/h10,35-36,39-40H,5-9,11-34,37-38H2,1-4H3,(H,48,49). The molecule has 0 bridgehead atoms. The predicted octanol–water partition coefficient (Wildman–Crippen LogP) is 13.7. The van der Waals surface area contributed by atoms with Crippen LogP contribution in [0.3, 0.4) is 0 Å². The highest BCUT2D eigenvalue weighted by atomic mass is 16.5. The third-order valence-corrected chi connectivity index (χ3v) is 10.3. The van der Waals surface area contributed by atoms with E-state index in [0.29, 0.717) is 61.7 Å². The SMILES string of the molecule is C=CC(=O)OCCCCOc1cc(C(=O)O)cc(OCC(CCCCCC)CCCCCCCC)c1OCC(CCCCCC)CCCCCCCC. The maximum Gasteiger partial charge on any atom is 0.335 e. The molecule has 1 N–H and O–H groups in total. The van der Waals surface area contributed by atoms with Crippen molar-refractivity contribution < 1.29 is 33.6 Å². The number of carboxylic acid groups (broad SMARTS) is 1. The van der Waals surface area contributed by atoms with Crippen molar-refractivity contribution in [1.82, 2.24) is 0 Å². The second kappa shape index (κ2) is 33.8. The zero-order valence-corrected chi connectivity index (χ0v) is 34.7. The fourth-order valence-electron chi connectivity index (χ4n) is 6.85. The van der Waals surface area contributed by atoms with Gasteiger partial charge in [-0.05, 0) is 62.5 Å². The summed E-state index contributed by atoms with van der Waals surface area (Å²) < 4.78 is 24.7. The molecule has 1 aromatic carbocycles. The highest BCUT2D eigenvalue weighted by Gasteiger charge is 2.22. The number of unbranched alkanes of at least 4 members (excludes halogenated alkanes) is 17. The number of rotatable bonds is 38. The first-order valence-corrected chi connectivity index (χ1v) is 22.0. The van der Waals surface area contributed by atoms with Gasteiger partial charge in [-0.1, -0.05) is 163 Å². The van der Waals surface area contributed by atoms with Gasteiger partial charge in [0.05, 0.1) is 32.0 Å². The second-order valence-electron chi connectivity index (χ2n) is 15.2. The lowest BCUT2D eigenvalue weighted by molar-refractivity contribution is -0.137. The average Bonchev–Trinajstić information content (AvgIpc) is 3.16. The maximum absolute atomic E-state index is 12.4. The molecule has 0 fully saturated rings. The Kier molecular flexibility index (Phi) is 30.8. The van der Waals surface area contributed by atoms with Crippen LogP contribution in [-0.2, 0) is 9.53 Å². The lowest BCUT2D eigenvalue weighted by Gasteiger charge is -2.23. The third-order valence-electron chi connectivity index (χ3n) is 10.3. The van der Waals surface area contributed by atoms with Gasteiger partial charge < -0.3 is 24.1 Å². The number of carbonyl (C=O) groups is 2. The minimum absolute atomic E-state index is 0.126. The number of esters is 1. The summed E-state index contributed by atoms with van der Waals surface area (Å²) in [7, 11) is 0. The number of benzene rings is 1. The van der Waals surface area contributed by atoms with E-state index >= 15 is 0 Å². The molecule has 0 saturated heterocycles. The lowest BCUT2D eigenvalue weighted by Crippen LogP contribution is -2.17. The van der Waals surface area contributed by atoms with Gasteiger partial charge in [-0.15, -0.1) is 0 Å². The van der Waals surface area contributed by atoms with Gasteiger partial charge in [0.25, 0.3) is 0 Å². The van der Waals surface area contributed by atoms with Gasteiger partial charge in [0.15, 0.2) is 11.5 Å². The summed E-state index contributed by atoms with van der Waals surface area (Å²) >= 11 is 0. The summed E-state index contributed by atoms with van der Waals surface area (Å²) in [6.45, 7) is 14.1. The van der Waals surface area contributed by atoms with Crippen LogP contribution in [0.1, 0.15) is 205 Å². The summed E-state index contributed by atoms with van der Waals surface area (Å²) in [4.78, 5) is 23.8. The Morgan fingerprint density at radius 2 is 0.962 bits per heavy atom. The van der Waals surface area contributed by atoms with E-state index in [1.807, 2.05) is 0 Å². The number of aromatic carboxylic acids is 1. The van der Waals surface area contributed by atoms with Gasteiger partial charge in [0, 0.05) is 6.08 Å². The molecular formula is C46H80O7. The minimum Gasteiger partial charge on any atom is -0.490 e. The number of carboxylic acids is 1. The van der Waals surface area contributed by atoms with Crippen LogP contribution in [0.15, 0.2) is 24.8 Å². The summed E-state index contributed by atoms with van der Waals surface area (Å²) in [6, 6.07) is 3.20. The van der Waals surface area contributed by atoms with E-state index in [-0.39, 0.29) is 12.2 Å². The molecule has 1 rings (SSSR count). The molecular weight excluding hydrogens is 664 g/mol. The Morgan fingerprint density at radius 3 is 1.42 bits per heavy atom. The van der Waals surface area contributed by atoms with Gasteiger partial charge in [0.2, 0.25) is 5.75 Å². The molecule has 53 heavy (non-hydrogen) atoms. The Labute approximate surface area is 325 Å². The molecule has 7 heteroatoms. The topological polar surface area (TPSA) is 91.3 Å².